The summed E-state index contributed by atoms with van der Waals surface area (Å²) in [6.07, 6.45) is 0. The normalized spacial score (nSPS) is 11.7. The summed E-state index contributed by atoms with van der Waals surface area (Å²) in [7, 11) is 7.26. The Bertz CT molecular complexity index is 1190. The summed E-state index contributed by atoms with van der Waals surface area (Å²) in [6, 6.07) is 20.6. The third-order valence-electron chi connectivity index (χ3n) is 5.60. The fourth-order valence-corrected chi connectivity index (χ4v) is 3.78. The van der Waals surface area contributed by atoms with Crippen molar-refractivity contribution in [1.82, 2.24) is 10.2 Å². The predicted molar refractivity (Wildman–Crippen MR) is 133 cm³/mol. The maximum absolute atomic E-state index is 13.3. The summed E-state index contributed by atoms with van der Waals surface area (Å²) < 4.78 is 0. The lowest BCUT2D eigenvalue weighted by atomic mass is 9.97. The van der Waals surface area contributed by atoms with Crippen molar-refractivity contribution in [3.05, 3.63) is 105 Å². The van der Waals surface area contributed by atoms with Crippen LogP contribution in [0, 0.1) is 10.1 Å². The molecule has 0 spiro atoms. The van der Waals surface area contributed by atoms with Crippen molar-refractivity contribution in [2.75, 3.05) is 39.6 Å². The first-order chi connectivity index (χ1) is 16.2. The molecule has 1 atom stereocenters. The lowest BCUT2D eigenvalue weighted by molar-refractivity contribution is -0.384. The topological polar surface area (TPSA) is 95.8 Å². The van der Waals surface area contributed by atoms with Crippen LogP contribution in [0.2, 0.25) is 0 Å². The number of amides is 1. The van der Waals surface area contributed by atoms with Gasteiger partial charge in [-0.3, -0.25) is 19.7 Å². The number of nitrogens with one attached hydrogen (secondary N) is 1. The molecule has 0 fully saturated rings. The quantitative estimate of drug-likeness (QED) is 0.295. The number of nitrogens with zero attached hydrogens (tertiary/aromatic N) is 3. The van der Waals surface area contributed by atoms with Crippen molar-refractivity contribution in [2.24, 2.45) is 0 Å². The van der Waals surface area contributed by atoms with Gasteiger partial charge in [0.1, 0.15) is 5.69 Å². The number of hydrogen-bond donors (Lipinski definition) is 1. The molecule has 0 bridgehead atoms. The number of nitro benzene ring substituents is 1. The van der Waals surface area contributed by atoms with E-state index >= 15 is 0 Å². The van der Waals surface area contributed by atoms with E-state index in [0.717, 1.165) is 5.56 Å². The van der Waals surface area contributed by atoms with Crippen LogP contribution in [0.4, 0.5) is 11.4 Å². The number of anilines is 1. The van der Waals surface area contributed by atoms with Gasteiger partial charge in [-0.2, -0.15) is 0 Å². The molecule has 176 valence electrons. The first kappa shape index (κ1) is 24.6. The van der Waals surface area contributed by atoms with Crippen molar-refractivity contribution >= 4 is 23.1 Å². The van der Waals surface area contributed by atoms with E-state index in [1.54, 1.807) is 43.3 Å². The predicted octanol–water partition coefficient (Wildman–Crippen LogP) is 3.92. The Morgan fingerprint density at radius 3 is 2.12 bits per heavy atom. The smallest absolute Gasteiger partial charge is 0.293 e. The summed E-state index contributed by atoms with van der Waals surface area (Å²) >= 11 is 0. The zero-order chi connectivity index (χ0) is 24.8. The molecule has 3 aromatic carbocycles. The zero-order valence-electron chi connectivity index (χ0n) is 19.7. The molecule has 1 amide bonds. The van der Waals surface area contributed by atoms with Crippen molar-refractivity contribution in [2.45, 2.75) is 6.04 Å². The molecule has 3 rings (SSSR count). The number of ketones is 1. The highest BCUT2D eigenvalue weighted by molar-refractivity contribution is 6.15. The minimum atomic E-state index is -0.518. The van der Waals surface area contributed by atoms with E-state index < -0.39 is 10.7 Å². The molecule has 0 radical (unpaired) electrons. The Kier molecular flexibility index (Phi) is 7.75. The average Bonchev–Trinajstić information content (AvgIpc) is 2.83. The van der Waals surface area contributed by atoms with Crippen LogP contribution in [-0.2, 0) is 0 Å². The van der Waals surface area contributed by atoms with Crippen LogP contribution in [0.15, 0.2) is 72.8 Å². The van der Waals surface area contributed by atoms with Crippen molar-refractivity contribution in [3.8, 4) is 0 Å². The Labute approximate surface area is 199 Å². The van der Waals surface area contributed by atoms with Crippen LogP contribution in [0.5, 0.6) is 0 Å². The summed E-state index contributed by atoms with van der Waals surface area (Å²) in [4.78, 5) is 41.0. The van der Waals surface area contributed by atoms with Crippen LogP contribution in [0.1, 0.15) is 37.9 Å². The van der Waals surface area contributed by atoms with Gasteiger partial charge < -0.3 is 15.1 Å². The summed E-state index contributed by atoms with van der Waals surface area (Å²) in [5.74, 6) is -0.836. The second kappa shape index (κ2) is 10.7. The number of rotatable bonds is 9. The van der Waals surface area contributed by atoms with E-state index in [0.29, 0.717) is 12.2 Å². The first-order valence-corrected chi connectivity index (χ1v) is 10.8. The minimum absolute atomic E-state index is 0.0470. The van der Waals surface area contributed by atoms with E-state index in [4.69, 9.17) is 0 Å². The van der Waals surface area contributed by atoms with E-state index in [1.165, 1.54) is 18.2 Å². The van der Waals surface area contributed by atoms with Gasteiger partial charge in [0.05, 0.1) is 16.5 Å². The highest BCUT2D eigenvalue weighted by Gasteiger charge is 2.23. The van der Waals surface area contributed by atoms with E-state index in [1.807, 2.05) is 49.3 Å². The number of benzene rings is 3. The fourth-order valence-electron chi connectivity index (χ4n) is 3.78. The molecule has 0 aliphatic rings. The van der Waals surface area contributed by atoms with Crippen LogP contribution in [0.3, 0.4) is 0 Å². The number of hydrogen-bond acceptors (Lipinski definition) is 6. The van der Waals surface area contributed by atoms with Crippen LogP contribution < -0.4 is 10.2 Å². The summed E-state index contributed by atoms with van der Waals surface area (Å²) in [6.45, 7) is 0.349. The maximum atomic E-state index is 13.3. The third kappa shape index (κ3) is 5.47. The van der Waals surface area contributed by atoms with Crippen molar-refractivity contribution < 1.29 is 14.5 Å². The van der Waals surface area contributed by atoms with Gasteiger partial charge in [0.25, 0.3) is 11.6 Å². The van der Waals surface area contributed by atoms with Gasteiger partial charge >= 0.3 is 0 Å². The zero-order valence-corrected chi connectivity index (χ0v) is 19.7. The largest absolute Gasteiger partial charge is 0.372 e. The SMILES string of the molecule is CN(C)c1ccc(C(=O)c2ccccc2C(=O)NCC(c2ccccc2)N(C)C)cc1[N+](=O)[O-]. The highest BCUT2D eigenvalue weighted by atomic mass is 16.6. The maximum Gasteiger partial charge on any atom is 0.293 e. The van der Waals surface area contributed by atoms with Gasteiger partial charge in [-0.05, 0) is 37.9 Å². The molecule has 0 aliphatic carbocycles. The Balaban J connectivity index is 1.87. The minimum Gasteiger partial charge on any atom is -0.372 e. The first-order valence-electron chi connectivity index (χ1n) is 10.8. The van der Waals surface area contributed by atoms with Gasteiger partial charge in [0.15, 0.2) is 5.78 Å². The lowest BCUT2D eigenvalue weighted by Gasteiger charge is -2.25. The second-order valence-corrected chi connectivity index (χ2v) is 8.33. The Morgan fingerprint density at radius 1 is 0.912 bits per heavy atom. The van der Waals surface area contributed by atoms with Gasteiger partial charge in [-0.15, -0.1) is 0 Å². The summed E-state index contributed by atoms with van der Waals surface area (Å²) in [5, 5.41) is 14.5. The number of likely N-dealkylation sites (N-methyl/N-ethyl adjacent to an activating group) is 1. The van der Waals surface area contributed by atoms with E-state index in [9.17, 15) is 19.7 Å². The molecule has 0 aliphatic heterocycles. The number of carbonyl (C=O) groups is 2. The van der Waals surface area contributed by atoms with Gasteiger partial charge in [0, 0.05) is 37.8 Å². The molecular formula is C26H28N4O4. The molecule has 0 saturated heterocycles. The molecular weight excluding hydrogens is 432 g/mol. The van der Waals surface area contributed by atoms with E-state index in [2.05, 4.69) is 5.32 Å². The molecule has 1 N–H and O–H groups in total. The van der Waals surface area contributed by atoms with Crippen LogP contribution in [-0.4, -0.2) is 56.2 Å². The fraction of sp³-hybridized carbons (Fsp3) is 0.231. The molecule has 34 heavy (non-hydrogen) atoms. The van der Waals surface area contributed by atoms with Crippen LogP contribution >= 0.6 is 0 Å². The standard InChI is InChI=1S/C26H28N4O4/c1-28(2)22-15-14-19(16-23(22)30(33)34)25(31)20-12-8-9-13-21(20)26(32)27-17-24(29(3)4)18-10-6-5-7-11-18/h5-16,24H,17H2,1-4H3,(H,27,32). The third-order valence-corrected chi connectivity index (χ3v) is 5.60. The molecule has 0 heterocycles. The molecule has 0 aromatic heterocycles. The monoisotopic (exact) mass is 460 g/mol. The molecule has 0 saturated carbocycles. The van der Waals surface area contributed by atoms with Gasteiger partial charge in [0.2, 0.25) is 0 Å². The van der Waals surface area contributed by atoms with Crippen LogP contribution in [0.25, 0.3) is 0 Å². The number of nitro groups is 1. The lowest BCUT2D eigenvalue weighted by Crippen LogP contribution is -2.35. The van der Waals surface area contributed by atoms with Crippen molar-refractivity contribution in [1.29, 1.82) is 0 Å². The Hall–Kier alpha value is -4.04. The molecule has 8 nitrogen and oxygen atoms in total. The molecule has 8 heteroatoms. The van der Waals surface area contributed by atoms with Gasteiger partial charge in [-0.1, -0.05) is 48.5 Å². The van der Waals surface area contributed by atoms with Crippen molar-refractivity contribution in [3.63, 3.8) is 0 Å². The Morgan fingerprint density at radius 2 is 1.53 bits per heavy atom. The second-order valence-electron chi connectivity index (χ2n) is 8.33. The van der Waals surface area contributed by atoms with Gasteiger partial charge in [-0.25, -0.2) is 0 Å². The average molecular weight is 461 g/mol. The molecule has 3 aromatic rings. The molecule has 1 unspecified atom stereocenters. The highest BCUT2D eigenvalue weighted by Crippen LogP contribution is 2.29. The van der Waals surface area contributed by atoms with E-state index in [-0.39, 0.29) is 34.3 Å². The number of carbonyl (C=O) groups excluding carboxylic acids is 2. The summed E-state index contributed by atoms with van der Waals surface area (Å²) in [5.41, 5.74) is 1.83.